The van der Waals surface area contributed by atoms with Gasteiger partial charge in [-0.25, -0.2) is 0 Å². The fourth-order valence-electron chi connectivity index (χ4n) is 1.99. The lowest BCUT2D eigenvalue weighted by Crippen LogP contribution is -2.16. The van der Waals surface area contributed by atoms with Crippen LogP contribution < -0.4 is 0 Å². The van der Waals surface area contributed by atoms with Crippen LogP contribution in [0.25, 0.3) is 0 Å². The number of aryl methyl sites for hydroxylation is 1. The normalized spacial score (nSPS) is 22.9. The molecule has 0 amide bonds. The highest BCUT2D eigenvalue weighted by Gasteiger charge is 2.23. The van der Waals surface area contributed by atoms with Gasteiger partial charge in [0.2, 0.25) is 0 Å². The van der Waals surface area contributed by atoms with E-state index in [1.54, 1.807) is 6.20 Å². The van der Waals surface area contributed by atoms with Gasteiger partial charge in [-0.3, -0.25) is 4.98 Å². The molecular formula is C10H12BClN2. The number of nitrogens with zero attached hydrogens (tertiary/aromatic N) is 2. The molecule has 1 aliphatic heterocycles. The molecule has 1 fully saturated rings. The largest absolute Gasteiger partial charge is 0.353 e. The van der Waals surface area contributed by atoms with Crippen molar-refractivity contribution < 1.29 is 0 Å². The molecule has 2 radical (unpaired) electrons. The molecule has 2 nitrogen and oxygen atoms in total. The highest BCUT2D eigenvalue weighted by molar-refractivity contribution is 6.30. The first kappa shape index (κ1) is 10.00. The number of aromatic nitrogens is 1. The van der Waals surface area contributed by atoms with Gasteiger partial charge < -0.3 is 4.81 Å². The minimum Gasteiger partial charge on any atom is -0.353 e. The van der Waals surface area contributed by atoms with Gasteiger partial charge in [-0.05, 0) is 38.1 Å². The van der Waals surface area contributed by atoms with Crippen molar-refractivity contribution in [3.8, 4) is 0 Å². The summed E-state index contributed by atoms with van der Waals surface area (Å²) in [4.78, 5) is 6.23. The van der Waals surface area contributed by atoms with E-state index in [9.17, 15) is 0 Å². The van der Waals surface area contributed by atoms with Gasteiger partial charge >= 0.3 is 0 Å². The molecule has 0 bridgehead atoms. The van der Waals surface area contributed by atoms with Crippen molar-refractivity contribution in [3.63, 3.8) is 0 Å². The molecule has 0 aliphatic carbocycles. The van der Waals surface area contributed by atoms with E-state index in [-0.39, 0.29) is 0 Å². The van der Waals surface area contributed by atoms with Crippen LogP contribution in [0.4, 0.5) is 0 Å². The van der Waals surface area contributed by atoms with Gasteiger partial charge in [0.25, 0.3) is 0 Å². The zero-order valence-corrected chi connectivity index (χ0v) is 8.96. The summed E-state index contributed by atoms with van der Waals surface area (Å²) in [5.74, 6) is 0.470. The van der Waals surface area contributed by atoms with Crippen LogP contribution >= 0.6 is 11.6 Å². The van der Waals surface area contributed by atoms with E-state index in [4.69, 9.17) is 19.6 Å². The van der Waals surface area contributed by atoms with Crippen LogP contribution in [0.1, 0.15) is 23.6 Å². The zero-order valence-electron chi connectivity index (χ0n) is 8.20. The summed E-state index contributed by atoms with van der Waals surface area (Å²) >= 11 is 5.85. The summed E-state index contributed by atoms with van der Waals surface area (Å²) in [5.41, 5.74) is 2.31. The highest BCUT2D eigenvalue weighted by atomic mass is 35.5. The predicted octanol–water partition coefficient (Wildman–Crippen LogP) is 1.92. The second-order valence-corrected chi connectivity index (χ2v) is 4.27. The predicted molar refractivity (Wildman–Crippen MR) is 58.7 cm³/mol. The average molecular weight is 206 g/mol. The molecular weight excluding hydrogens is 194 g/mol. The Morgan fingerprint density at radius 3 is 3.00 bits per heavy atom. The fourth-order valence-corrected chi connectivity index (χ4v) is 2.20. The molecule has 0 saturated carbocycles. The van der Waals surface area contributed by atoms with Crippen LogP contribution in [0, 0.1) is 6.92 Å². The molecule has 2 rings (SSSR count). The van der Waals surface area contributed by atoms with Crippen molar-refractivity contribution in [3.05, 3.63) is 28.5 Å². The van der Waals surface area contributed by atoms with E-state index in [0.717, 1.165) is 30.8 Å². The molecule has 0 aromatic carbocycles. The molecule has 2 heterocycles. The standard InChI is InChI=1S/C10H12BClN2/c1-7-4-9(12)5-13-10(7)8-2-3-14(11)6-8/h4-5,8H,2-3,6H2,1H3. The number of hydrogen-bond donors (Lipinski definition) is 0. The lowest BCUT2D eigenvalue weighted by Gasteiger charge is -2.12. The Hall–Kier alpha value is -0.535. The summed E-state index contributed by atoms with van der Waals surface area (Å²) in [6, 6.07) is 1.96. The first-order valence-electron chi connectivity index (χ1n) is 4.78. The maximum Gasteiger partial charge on any atom is 0.182 e. The van der Waals surface area contributed by atoms with E-state index in [1.165, 1.54) is 0 Å². The summed E-state index contributed by atoms with van der Waals surface area (Å²) in [7, 11) is 5.72. The molecule has 4 heteroatoms. The van der Waals surface area contributed by atoms with Crippen LogP contribution in [0.3, 0.4) is 0 Å². The summed E-state index contributed by atoms with van der Waals surface area (Å²) < 4.78 is 0. The lowest BCUT2D eigenvalue weighted by atomic mass is 10.00. The van der Waals surface area contributed by atoms with E-state index in [0.29, 0.717) is 10.9 Å². The van der Waals surface area contributed by atoms with Gasteiger partial charge in [-0.15, -0.1) is 0 Å². The SMILES string of the molecule is [B]N1CCC(c2ncc(Cl)cc2C)C1. The Kier molecular flexibility index (Phi) is 2.79. The van der Waals surface area contributed by atoms with E-state index < -0.39 is 0 Å². The number of halogens is 1. The van der Waals surface area contributed by atoms with Crippen LogP contribution in [0.5, 0.6) is 0 Å². The van der Waals surface area contributed by atoms with Crippen molar-refractivity contribution in [2.45, 2.75) is 19.3 Å². The molecule has 14 heavy (non-hydrogen) atoms. The van der Waals surface area contributed by atoms with Crippen LogP contribution in [-0.2, 0) is 0 Å². The fraction of sp³-hybridized carbons (Fsp3) is 0.500. The van der Waals surface area contributed by atoms with Crippen molar-refractivity contribution in [2.24, 2.45) is 0 Å². The summed E-state index contributed by atoms with van der Waals surface area (Å²) in [6.45, 7) is 3.90. The molecule has 1 aromatic rings. The zero-order chi connectivity index (χ0) is 10.1. The van der Waals surface area contributed by atoms with Crippen molar-refractivity contribution in [1.29, 1.82) is 0 Å². The Morgan fingerprint density at radius 1 is 1.64 bits per heavy atom. The first-order chi connectivity index (χ1) is 6.66. The highest BCUT2D eigenvalue weighted by Crippen LogP contribution is 2.27. The molecule has 0 spiro atoms. The van der Waals surface area contributed by atoms with Gasteiger partial charge in [0.1, 0.15) is 0 Å². The van der Waals surface area contributed by atoms with Gasteiger partial charge in [0, 0.05) is 17.8 Å². The maximum atomic E-state index is 5.85. The van der Waals surface area contributed by atoms with E-state index >= 15 is 0 Å². The van der Waals surface area contributed by atoms with Gasteiger partial charge in [-0.1, -0.05) is 11.6 Å². The first-order valence-corrected chi connectivity index (χ1v) is 5.16. The Labute approximate surface area is 90.7 Å². The second-order valence-electron chi connectivity index (χ2n) is 3.84. The second kappa shape index (κ2) is 3.91. The van der Waals surface area contributed by atoms with Crippen molar-refractivity contribution in [1.82, 2.24) is 9.79 Å². The summed E-state index contributed by atoms with van der Waals surface area (Å²) in [6.07, 6.45) is 2.80. The molecule has 1 saturated heterocycles. The topological polar surface area (TPSA) is 16.1 Å². The maximum absolute atomic E-state index is 5.85. The van der Waals surface area contributed by atoms with Gasteiger partial charge in [0.05, 0.1) is 5.02 Å². The van der Waals surface area contributed by atoms with Crippen molar-refractivity contribution >= 4 is 19.6 Å². The van der Waals surface area contributed by atoms with Gasteiger partial charge in [-0.2, -0.15) is 0 Å². The molecule has 1 atom stereocenters. The third-order valence-electron chi connectivity index (χ3n) is 2.69. The third-order valence-corrected chi connectivity index (χ3v) is 2.90. The molecule has 1 aromatic heterocycles. The van der Waals surface area contributed by atoms with Crippen LogP contribution in [0.2, 0.25) is 5.02 Å². The minimum atomic E-state index is 0.470. The monoisotopic (exact) mass is 206 g/mol. The molecule has 1 unspecified atom stereocenters. The third kappa shape index (κ3) is 1.94. The molecule has 1 aliphatic rings. The van der Waals surface area contributed by atoms with Crippen molar-refractivity contribution in [2.75, 3.05) is 13.1 Å². The Morgan fingerprint density at radius 2 is 2.43 bits per heavy atom. The number of rotatable bonds is 1. The van der Waals surface area contributed by atoms with E-state index in [1.807, 2.05) is 17.8 Å². The minimum absolute atomic E-state index is 0.470. The lowest BCUT2D eigenvalue weighted by molar-refractivity contribution is 0.551. The Balaban J connectivity index is 2.24. The van der Waals surface area contributed by atoms with Gasteiger partial charge in [0.15, 0.2) is 7.98 Å². The van der Waals surface area contributed by atoms with E-state index in [2.05, 4.69) is 4.98 Å². The number of hydrogen-bond acceptors (Lipinski definition) is 2. The van der Waals surface area contributed by atoms with Crippen LogP contribution in [-0.4, -0.2) is 30.9 Å². The molecule has 0 N–H and O–H groups in total. The number of pyridine rings is 1. The van der Waals surface area contributed by atoms with Crippen LogP contribution in [0.15, 0.2) is 12.3 Å². The molecule has 72 valence electrons. The Bertz CT molecular complexity index is 343. The quantitative estimate of drug-likeness (QED) is 0.653. The smallest absolute Gasteiger partial charge is 0.182 e. The average Bonchev–Trinajstić information content (AvgIpc) is 2.51. The summed E-state index contributed by atoms with van der Waals surface area (Å²) in [5, 5.41) is 0.703.